The Morgan fingerprint density at radius 3 is 1.80 bits per heavy atom. The summed E-state index contributed by atoms with van der Waals surface area (Å²) in [5, 5.41) is 2.45. The molecule has 0 atom stereocenters. The highest BCUT2D eigenvalue weighted by Gasteiger charge is 2.11. The lowest BCUT2D eigenvalue weighted by molar-refractivity contribution is 0.415. The van der Waals surface area contributed by atoms with Gasteiger partial charge < -0.3 is 14.0 Å². The van der Waals surface area contributed by atoms with Gasteiger partial charge in [0.1, 0.15) is 11.5 Å². The van der Waals surface area contributed by atoms with Crippen LogP contribution in [0.15, 0.2) is 36.4 Å². The molecule has 3 rings (SSSR count). The smallest absolute Gasteiger partial charge is 0.120 e. The number of nitrogens with zero attached hydrogens (tertiary/aromatic N) is 1. The summed E-state index contributed by atoms with van der Waals surface area (Å²) in [5.74, 6) is 2.52. The maximum absolute atomic E-state index is 5.34. The van der Waals surface area contributed by atoms with Crippen molar-refractivity contribution >= 4 is 34.4 Å². The number of ether oxygens (including phenoxy) is 2. The highest BCUT2D eigenvalue weighted by Crippen LogP contribution is 2.33. The van der Waals surface area contributed by atoms with E-state index in [0.717, 1.165) is 23.8 Å². The molecule has 0 aliphatic heterocycles. The normalized spacial score (nSPS) is 11.2. The molecule has 1 heterocycles. The van der Waals surface area contributed by atoms with E-state index in [4.69, 9.17) is 9.47 Å². The monoisotopic (exact) mass is 287 g/mol. The Balaban J connectivity index is 2.38. The Morgan fingerprint density at radius 1 is 0.900 bits per heavy atom. The summed E-state index contributed by atoms with van der Waals surface area (Å²) in [7, 11) is 3.38. The van der Waals surface area contributed by atoms with Gasteiger partial charge in [-0.25, -0.2) is 0 Å². The van der Waals surface area contributed by atoms with Gasteiger partial charge >= 0.3 is 0 Å². The van der Waals surface area contributed by atoms with Crippen molar-refractivity contribution in [2.75, 3.05) is 20.0 Å². The molecule has 0 aliphatic rings. The number of hydrogen-bond acceptors (Lipinski definition) is 3. The van der Waals surface area contributed by atoms with Crippen LogP contribution in [0.1, 0.15) is 0 Å². The summed E-state index contributed by atoms with van der Waals surface area (Å²) >= 11 is 4.37. The summed E-state index contributed by atoms with van der Waals surface area (Å²) in [4.78, 5) is 0. The van der Waals surface area contributed by atoms with Crippen LogP contribution in [0.3, 0.4) is 0 Å². The first-order chi connectivity index (χ1) is 9.78. The molecule has 0 amide bonds. The van der Waals surface area contributed by atoms with Crippen LogP contribution in [-0.2, 0) is 6.54 Å². The van der Waals surface area contributed by atoms with Crippen LogP contribution in [-0.4, -0.2) is 24.5 Å². The lowest BCUT2D eigenvalue weighted by atomic mass is 10.1. The van der Waals surface area contributed by atoms with Crippen molar-refractivity contribution in [2.24, 2.45) is 0 Å². The van der Waals surface area contributed by atoms with E-state index in [0.29, 0.717) is 0 Å². The lowest BCUT2D eigenvalue weighted by Gasteiger charge is -2.07. The minimum Gasteiger partial charge on any atom is -0.497 e. The van der Waals surface area contributed by atoms with E-state index >= 15 is 0 Å². The van der Waals surface area contributed by atoms with Gasteiger partial charge in [0.05, 0.1) is 25.3 Å². The molecule has 2 aromatic carbocycles. The predicted molar refractivity (Wildman–Crippen MR) is 86.4 cm³/mol. The molecule has 4 heteroatoms. The van der Waals surface area contributed by atoms with Gasteiger partial charge in [-0.1, -0.05) is 0 Å². The summed E-state index contributed by atoms with van der Waals surface area (Å²) < 4.78 is 12.9. The van der Waals surface area contributed by atoms with Crippen LogP contribution >= 0.6 is 12.6 Å². The van der Waals surface area contributed by atoms with E-state index in [9.17, 15) is 0 Å². The SMILES string of the molecule is COc1ccc2c3ccc(OC)cc3n(CCS)c2c1. The molecule has 0 spiro atoms. The minimum atomic E-state index is 0.785. The average Bonchev–Trinajstić information content (AvgIpc) is 2.80. The highest BCUT2D eigenvalue weighted by molar-refractivity contribution is 7.80. The number of rotatable bonds is 4. The first-order valence-corrected chi connectivity index (χ1v) is 7.16. The molecule has 0 unspecified atom stereocenters. The second-order valence-electron chi connectivity index (χ2n) is 4.64. The molecule has 0 saturated carbocycles. The number of hydrogen-bond donors (Lipinski definition) is 1. The Hall–Kier alpha value is -1.81. The molecule has 3 aromatic rings. The van der Waals surface area contributed by atoms with Crippen LogP contribution in [0.25, 0.3) is 21.8 Å². The number of aromatic nitrogens is 1. The molecular formula is C16H17NO2S. The molecule has 20 heavy (non-hydrogen) atoms. The summed E-state index contributed by atoms with van der Waals surface area (Å²) in [6, 6.07) is 12.4. The third-order valence-corrected chi connectivity index (χ3v) is 3.81. The molecule has 0 saturated heterocycles. The van der Waals surface area contributed by atoms with E-state index < -0.39 is 0 Å². The van der Waals surface area contributed by atoms with Gasteiger partial charge in [-0.2, -0.15) is 12.6 Å². The average molecular weight is 287 g/mol. The summed E-state index contributed by atoms with van der Waals surface area (Å²) in [5.41, 5.74) is 2.34. The zero-order chi connectivity index (χ0) is 14.1. The predicted octanol–water partition coefficient (Wildman–Crippen LogP) is 3.74. The molecule has 1 aromatic heterocycles. The second kappa shape index (κ2) is 5.29. The number of methoxy groups -OCH3 is 2. The van der Waals surface area contributed by atoms with E-state index in [1.165, 1.54) is 21.8 Å². The van der Waals surface area contributed by atoms with Gasteiger partial charge in [-0.05, 0) is 24.3 Å². The van der Waals surface area contributed by atoms with Gasteiger partial charge in [0.15, 0.2) is 0 Å². The summed E-state index contributed by atoms with van der Waals surface area (Å²) in [6.07, 6.45) is 0. The van der Waals surface area contributed by atoms with Crippen molar-refractivity contribution in [2.45, 2.75) is 6.54 Å². The quantitative estimate of drug-likeness (QED) is 0.739. The molecular weight excluding hydrogens is 270 g/mol. The first-order valence-electron chi connectivity index (χ1n) is 6.53. The fourth-order valence-corrected chi connectivity index (χ4v) is 2.85. The maximum Gasteiger partial charge on any atom is 0.120 e. The van der Waals surface area contributed by atoms with E-state index in [1.807, 2.05) is 12.1 Å². The van der Waals surface area contributed by atoms with Crippen molar-refractivity contribution in [3.8, 4) is 11.5 Å². The second-order valence-corrected chi connectivity index (χ2v) is 5.09. The van der Waals surface area contributed by atoms with Gasteiger partial charge in [0, 0.05) is 35.2 Å². The van der Waals surface area contributed by atoms with Gasteiger partial charge in [-0.3, -0.25) is 0 Å². The van der Waals surface area contributed by atoms with E-state index in [2.05, 4.69) is 41.5 Å². The highest BCUT2D eigenvalue weighted by atomic mass is 32.1. The lowest BCUT2D eigenvalue weighted by Crippen LogP contribution is -1.98. The summed E-state index contributed by atoms with van der Waals surface area (Å²) in [6.45, 7) is 0.851. The standard InChI is InChI=1S/C16H17NO2S/c1-18-11-3-5-13-14-6-4-12(19-2)10-16(14)17(7-8-20)15(13)9-11/h3-6,9-10,20H,7-8H2,1-2H3. The number of fused-ring (bicyclic) bond motifs is 3. The number of thiol groups is 1. The van der Waals surface area contributed by atoms with Crippen LogP contribution in [0, 0.1) is 0 Å². The topological polar surface area (TPSA) is 23.4 Å². The molecule has 104 valence electrons. The van der Waals surface area contributed by atoms with Gasteiger partial charge in [0.2, 0.25) is 0 Å². The molecule has 0 radical (unpaired) electrons. The van der Waals surface area contributed by atoms with Crippen molar-refractivity contribution in [3.05, 3.63) is 36.4 Å². The van der Waals surface area contributed by atoms with Crippen molar-refractivity contribution in [3.63, 3.8) is 0 Å². The van der Waals surface area contributed by atoms with E-state index in [-0.39, 0.29) is 0 Å². The van der Waals surface area contributed by atoms with Gasteiger partial charge in [0.25, 0.3) is 0 Å². The van der Waals surface area contributed by atoms with Crippen LogP contribution in [0.4, 0.5) is 0 Å². The third-order valence-electron chi connectivity index (χ3n) is 3.61. The fourth-order valence-electron chi connectivity index (χ4n) is 2.65. The van der Waals surface area contributed by atoms with Gasteiger partial charge in [-0.15, -0.1) is 0 Å². The van der Waals surface area contributed by atoms with Crippen LogP contribution < -0.4 is 9.47 Å². The molecule has 0 fully saturated rings. The Morgan fingerprint density at radius 2 is 1.40 bits per heavy atom. The maximum atomic E-state index is 5.34. The Bertz CT molecular complexity index is 703. The molecule has 0 bridgehead atoms. The fraction of sp³-hybridized carbons (Fsp3) is 0.250. The molecule has 0 aliphatic carbocycles. The van der Waals surface area contributed by atoms with Crippen LogP contribution in [0.2, 0.25) is 0 Å². The number of benzene rings is 2. The largest absolute Gasteiger partial charge is 0.497 e. The van der Waals surface area contributed by atoms with E-state index in [1.54, 1.807) is 14.2 Å². The zero-order valence-corrected chi connectivity index (χ0v) is 12.5. The minimum absolute atomic E-state index is 0.785. The zero-order valence-electron chi connectivity index (χ0n) is 11.6. The van der Waals surface area contributed by atoms with Crippen molar-refractivity contribution in [1.82, 2.24) is 4.57 Å². The van der Waals surface area contributed by atoms with Crippen molar-refractivity contribution < 1.29 is 9.47 Å². The Kier molecular flexibility index (Phi) is 3.49. The number of aryl methyl sites for hydroxylation is 1. The third kappa shape index (κ3) is 2.00. The molecule has 3 nitrogen and oxygen atoms in total. The first kappa shape index (κ1) is 13.2. The Labute approximate surface area is 123 Å². The molecule has 0 N–H and O–H groups in total. The van der Waals surface area contributed by atoms with Crippen molar-refractivity contribution in [1.29, 1.82) is 0 Å². The van der Waals surface area contributed by atoms with Crippen LogP contribution in [0.5, 0.6) is 11.5 Å².